The highest BCUT2D eigenvalue weighted by molar-refractivity contribution is 7.99. The van der Waals surface area contributed by atoms with Crippen molar-refractivity contribution >= 4 is 23.4 Å². The van der Waals surface area contributed by atoms with Gasteiger partial charge in [0.2, 0.25) is 5.91 Å². The zero-order chi connectivity index (χ0) is 18.8. The highest BCUT2D eigenvalue weighted by Gasteiger charge is 2.24. The lowest BCUT2D eigenvalue weighted by atomic mass is 10.0. The molecule has 8 heteroatoms. The molecule has 140 valence electrons. The van der Waals surface area contributed by atoms with Crippen LogP contribution in [0, 0.1) is 5.82 Å². The molecule has 0 radical (unpaired) electrons. The second kappa shape index (κ2) is 7.56. The summed E-state index contributed by atoms with van der Waals surface area (Å²) in [6.07, 6.45) is 3.22. The molecule has 0 fully saturated rings. The Hall–Kier alpha value is -2.61. The highest BCUT2D eigenvalue weighted by Crippen LogP contribution is 2.29. The number of benzene rings is 1. The van der Waals surface area contributed by atoms with Crippen molar-refractivity contribution in [2.24, 2.45) is 0 Å². The average molecular weight is 386 g/mol. The Morgan fingerprint density at radius 3 is 3.00 bits per heavy atom. The molecule has 0 saturated heterocycles. The largest absolute Gasteiger partial charge is 0.461 e. The first-order chi connectivity index (χ1) is 13.2. The molecule has 0 spiro atoms. The fourth-order valence-corrected chi connectivity index (χ4v) is 4.18. The molecule has 0 bridgehead atoms. The zero-order valence-corrected chi connectivity index (χ0v) is 15.7. The van der Waals surface area contributed by atoms with Gasteiger partial charge in [-0.15, -0.1) is 10.2 Å². The standard InChI is InChI=1S/C19H19FN4O2S/c1-2-23-18(16-6-4-10-26-16)21-22-19(23)27-12-17(25)24-9-3-5-13-11-14(20)7-8-15(13)24/h4,6-8,10-11H,2-3,5,9,12H2,1H3. The maximum absolute atomic E-state index is 13.5. The predicted molar refractivity (Wildman–Crippen MR) is 101 cm³/mol. The fraction of sp³-hybridized carbons (Fsp3) is 0.316. The molecule has 6 nitrogen and oxygen atoms in total. The average Bonchev–Trinajstić information content (AvgIpc) is 3.34. The van der Waals surface area contributed by atoms with Crippen LogP contribution in [0.4, 0.5) is 10.1 Å². The number of rotatable bonds is 5. The maximum atomic E-state index is 13.5. The minimum atomic E-state index is -0.265. The molecule has 0 unspecified atom stereocenters. The van der Waals surface area contributed by atoms with Crippen molar-refractivity contribution in [3.63, 3.8) is 0 Å². The van der Waals surface area contributed by atoms with Gasteiger partial charge in [-0.1, -0.05) is 11.8 Å². The van der Waals surface area contributed by atoms with Gasteiger partial charge in [0.1, 0.15) is 5.82 Å². The molecule has 3 heterocycles. The number of furan rings is 1. The van der Waals surface area contributed by atoms with Crippen molar-refractivity contribution in [3.05, 3.63) is 48.0 Å². The van der Waals surface area contributed by atoms with Crippen molar-refractivity contribution in [2.75, 3.05) is 17.2 Å². The Balaban J connectivity index is 1.49. The molecule has 0 atom stereocenters. The number of nitrogens with zero attached hydrogens (tertiary/aromatic N) is 4. The van der Waals surface area contributed by atoms with Crippen LogP contribution in [-0.2, 0) is 17.8 Å². The van der Waals surface area contributed by atoms with Gasteiger partial charge in [0.15, 0.2) is 16.7 Å². The van der Waals surface area contributed by atoms with Gasteiger partial charge >= 0.3 is 0 Å². The summed E-state index contributed by atoms with van der Waals surface area (Å²) >= 11 is 1.35. The van der Waals surface area contributed by atoms with Crippen LogP contribution in [0.25, 0.3) is 11.6 Å². The first-order valence-electron chi connectivity index (χ1n) is 8.86. The van der Waals surface area contributed by atoms with E-state index >= 15 is 0 Å². The lowest BCUT2D eigenvalue weighted by molar-refractivity contribution is -0.116. The molecular weight excluding hydrogens is 367 g/mol. The lowest BCUT2D eigenvalue weighted by Gasteiger charge is -2.29. The smallest absolute Gasteiger partial charge is 0.237 e. The lowest BCUT2D eigenvalue weighted by Crippen LogP contribution is -2.36. The predicted octanol–water partition coefficient (Wildman–Crippen LogP) is 3.77. The van der Waals surface area contributed by atoms with Crippen molar-refractivity contribution < 1.29 is 13.6 Å². The van der Waals surface area contributed by atoms with E-state index in [2.05, 4.69) is 10.2 Å². The van der Waals surface area contributed by atoms with Crippen LogP contribution in [0.1, 0.15) is 18.9 Å². The summed E-state index contributed by atoms with van der Waals surface area (Å²) in [4.78, 5) is 14.5. The Kier molecular flexibility index (Phi) is 4.98. The normalized spacial score (nSPS) is 13.6. The summed E-state index contributed by atoms with van der Waals surface area (Å²) in [6, 6.07) is 8.25. The Morgan fingerprint density at radius 1 is 1.33 bits per heavy atom. The summed E-state index contributed by atoms with van der Waals surface area (Å²) in [5.74, 6) is 1.26. The monoisotopic (exact) mass is 386 g/mol. The molecule has 1 amide bonds. The molecular formula is C19H19FN4O2S. The van der Waals surface area contributed by atoms with Gasteiger partial charge in [-0.2, -0.15) is 0 Å². The first kappa shape index (κ1) is 17.8. The van der Waals surface area contributed by atoms with E-state index in [-0.39, 0.29) is 17.5 Å². The first-order valence-corrected chi connectivity index (χ1v) is 9.84. The second-order valence-electron chi connectivity index (χ2n) is 6.24. The van der Waals surface area contributed by atoms with Crippen LogP contribution >= 0.6 is 11.8 Å². The molecule has 0 aliphatic carbocycles. The van der Waals surface area contributed by atoms with Gasteiger partial charge in [0, 0.05) is 18.8 Å². The summed E-state index contributed by atoms with van der Waals surface area (Å²) in [7, 11) is 0. The van der Waals surface area contributed by atoms with Crippen LogP contribution in [-0.4, -0.2) is 33.0 Å². The fourth-order valence-electron chi connectivity index (χ4n) is 3.30. The van der Waals surface area contributed by atoms with Crippen molar-refractivity contribution in [1.82, 2.24) is 14.8 Å². The summed E-state index contributed by atoms with van der Waals surface area (Å²) in [5.41, 5.74) is 1.69. The SMILES string of the molecule is CCn1c(SCC(=O)N2CCCc3cc(F)ccc32)nnc1-c1ccco1. The summed E-state index contributed by atoms with van der Waals surface area (Å²) < 4.78 is 20.8. The van der Waals surface area contributed by atoms with E-state index in [1.54, 1.807) is 23.3 Å². The molecule has 1 aliphatic heterocycles. The number of halogens is 1. The van der Waals surface area contributed by atoms with E-state index in [0.717, 1.165) is 24.1 Å². The van der Waals surface area contributed by atoms with Crippen LogP contribution < -0.4 is 4.90 Å². The van der Waals surface area contributed by atoms with E-state index in [4.69, 9.17) is 4.42 Å². The molecule has 4 rings (SSSR count). The van der Waals surface area contributed by atoms with Crippen molar-refractivity contribution in [1.29, 1.82) is 0 Å². The van der Waals surface area contributed by atoms with Crippen LogP contribution in [0.15, 0.2) is 46.2 Å². The molecule has 0 N–H and O–H groups in total. The highest BCUT2D eigenvalue weighted by atomic mass is 32.2. The number of hydrogen-bond donors (Lipinski definition) is 0. The maximum Gasteiger partial charge on any atom is 0.237 e. The van der Waals surface area contributed by atoms with Crippen LogP contribution in [0.5, 0.6) is 0 Å². The van der Waals surface area contributed by atoms with E-state index in [1.807, 2.05) is 17.6 Å². The van der Waals surface area contributed by atoms with E-state index in [9.17, 15) is 9.18 Å². The quantitative estimate of drug-likeness (QED) is 0.625. The Bertz CT molecular complexity index is 955. The van der Waals surface area contributed by atoms with E-state index in [0.29, 0.717) is 29.8 Å². The van der Waals surface area contributed by atoms with Gasteiger partial charge in [0.25, 0.3) is 0 Å². The Labute approximate surface area is 160 Å². The molecule has 1 aliphatic rings. The number of carbonyl (C=O) groups excluding carboxylic acids is 1. The summed E-state index contributed by atoms with van der Waals surface area (Å²) in [5, 5.41) is 9.08. The minimum absolute atomic E-state index is 0.0160. The van der Waals surface area contributed by atoms with Gasteiger partial charge in [-0.25, -0.2) is 4.39 Å². The number of amides is 1. The molecule has 0 saturated carbocycles. The number of anilines is 1. The second-order valence-corrected chi connectivity index (χ2v) is 7.18. The van der Waals surface area contributed by atoms with E-state index in [1.165, 1.54) is 23.9 Å². The number of fused-ring (bicyclic) bond motifs is 1. The van der Waals surface area contributed by atoms with Crippen LogP contribution in [0.2, 0.25) is 0 Å². The number of hydrogen-bond acceptors (Lipinski definition) is 5. The van der Waals surface area contributed by atoms with Crippen molar-refractivity contribution in [2.45, 2.75) is 31.5 Å². The number of aromatic nitrogens is 3. The van der Waals surface area contributed by atoms with Crippen LogP contribution in [0.3, 0.4) is 0 Å². The van der Waals surface area contributed by atoms with Gasteiger partial charge < -0.3 is 9.32 Å². The third-order valence-corrected chi connectivity index (χ3v) is 5.51. The number of thioether (sulfide) groups is 1. The molecule has 3 aromatic rings. The van der Waals surface area contributed by atoms with Gasteiger partial charge in [0.05, 0.1) is 12.0 Å². The summed E-state index contributed by atoms with van der Waals surface area (Å²) in [6.45, 7) is 3.32. The Morgan fingerprint density at radius 2 is 2.22 bits per heavy atom. The van der Waals surface area contributed by atoms with Crippen molar-refractivity contribution in [3.8, 4) is 11.6 Å². The van der Waals surface area contributed by atoms with Gasteiger partial charge in [-0.05, 0) is 55.7 Å². The van der Waals surface area contributed by atoms with Gasteiger partial charge in [-0.3, -0.25) is 9.36 Å². The number of aryl methyl sites for hydroxylation is 1. The molecule has 1 aromatic carbocycles. The number of carbonyl (C=O) groups is 1. The third-order valence-electron chi connectivity index (χ3n) is 4.56. The third kappa shape index (κ3) is 3.49. The minimum Gasteiger partial charge on any atom is -0.461 e. The molecule has 27 heavy (non-hydrogen) atoms. The topological polar surface area (TPSA) is 64.2 Å². The zero-order valence-electron chi connectivity index (χ0n) is 14.9. The molecule has 2 aromatic heterocycles. The van der Waals surface area contributed by atoms with E-state index < -0.39 is 0 Å².